The van der Waals surface area contributed by atoms with Crippen LogP contribution in [0.3, 0.4) is 0 Å². The molecule has 3 amide bonds. The minimum Gasteiger partial charge on any atom is -0.394 e. The number of alkyl halides is 1. The highest BCUT2D eigenvalue weighted by Gasteiger charge is 2.76. The summed E-state index contributed by atoms with van der Waals surface area (Å²) in [5.74, 6) is -2.10. The molecule has 3 N–H and O–H groups in total. The van der Waals surface area contributed by atoms with E-state index < -0.39 is 35.6 Å². The number of hydrogen-bond acceptors (Lipinski definition) is 5. The molecule has 2 bridgehead atoms. The Bertz CT molecular complexity index is 703. The first-order valence-corrected chi connectivity index (χ1v) is 12.5. The van der Waals surface area contributed by atoms with Crippen LogP contribution in [0.5, 0.6) is 0 Å². The van der Waals surface area contributed by atoms with Crippen molar-refractivity contribution in [2.24, 2.45) is 11.8 Å². The van der Waals surface area contributed by atoms with Crippen molar-refractivity contribution in [2.45, 2.75) is 94.5 Å². The van der Waals surface area contributed by atoms with Crippen molar-refractivity contribution >= 4 is 33.7 Å². The van der Waals surface area contributed by atoms with Gasteiger partial charge in [0.25, 0.3) is 0 Å². The molecular weight excluding hydrogens is 466 g/mol. The summed E-state index contributed by atoms with van der Waals surface area (Å²) in [6, 6.07) is -1.41. The molecule has 0 saturated carbocycles. The number of carbonyl (C=O) groups is 3. The lowest BCUT2D eigenvalue weighted by atomic mass is 9.70. The minimum absolute atomic E-state index is 0.0406. The van der Waals surface area contributed by atoms with Crippen molar-refractivity contribution in [2.75, 3.05) is 13.2 Å². The number of nitrogens with zero attached hydrogens (tertiary/aromatic N) is 1. The Labute approximate surface area is 193 Å². The summed E-state index contributed by atoms with van der Waals surface area (Å²) in [7, 11) is 0. The van der Waals surface area contributed by atoms with Crippen LogP contribution in [0.25, 0.3) is 0 Å². The number of rotatable bonds is 10. The van der Waals surface area contributed by atoms with E-state index in [2.05, 4.69) is 33.5 Å². The Balaban J connectivity index is 2.01. The first-order chi connectivity index (χ1) is 14.8. The van der Waals surface area contributed by atoms with Gasteiger partial charge in [0.05, 0.1) is 30.6 Å². The molecule has 0 aliphatic carbocycles. The standard InChI is InChI=1S/C22H36BrN3O5/c1-5-8-12(4)25-20(29)18-22-10-14(23)17(31-22)15(19(28)24-9-6-2)16(22)21(30)26(18)13(7-3)11-27/h12-18,27H,5-11H2,1-4H3,(H,24,28)(H,25,29)/t12?,13-,14?,15+,16-,17+,18?,22?/m0/s1. The highest BCUT2D eigenvalue weighted by atomic mass is 79.9. The smallest absolute Gasteiger partial charge is 0.246 e. The lowest BCUT2D eigenvalue weighted by molar-refractivity contribution is -0.145. The molecule has 3 aliphatic heterocycles. The van der Waals surface area contributed by atoms with Crippen LogP contribution in [0.4, 0.5) is 0 Å². The second kappa shape index (κ2) is 9.75. The van der Waals surface area contributed by atoms with E-state index in [9.17, 15) is 19.5 Å². The number of ether oxygens (including phenoxy) is 1. The molecule has 3 fully saturated rings. The fraction of sp³-hybridized carbons (Fsp3) is 0.864. The maximum absolute atomic E-state index is 13.7. The predicted molar refractivity (Wildman–Crippen MR) is 120 cm³/mol. The maximum atomic E-state index is 13.7. The fourth-order valence-electron chi connectivity index (χ4n) is 5.67. The Morgan fingerprint density at radius 1 is 1.29 bits per heavy atom. The van der Waals surface area contributed by atoms with Gasteiger partial charge in [-0.1, -0.05) is 43.1 Å². The molecule has 3 rings (SSSR count). The number of aliphatic hydroxyl groups excluding tert-OH is 1. The first kappa shape index (κ1) is 24.5. The highest BCUT2D eigenvalue weighted by Crippen LogP contribution is 2.60. The zero-order valence-corrected chi connectivity index (χ0v) is 20.5. The normalized spacial score (nSPS) is 35.7. The quantitative estimate of drug-likeness (QED) is 0.391. The summed E-state index contributed by atoms with van der Waals surface area (Å²) in [4.78, 5) is 41.7. The van der Waals surface area contributed by atoms with Crippen LogP contribution in [-0.4, -0.2) is 75.5 Å². The molecule has 0 aromatic rings. The van der Waals surface area contributed by atoms with E-state index in [0.717, 1.165) is 19.3 Å². The monoisotopic (exact) mass is 501 g/mol. The summed E-state index contributed by atoms with van der Waals surface area (Å²) in [6.45, 7) is 8.14. The van der Waals surface area contributed by atoms with Gasteiger partial charge in [0, 0.05) is 17.4 Å². The molecule has 0 radical (unpaired) electrons. The molecule has 3 heterocycles. The van der Waals surface area contributed by atoms with Crippen LogP contribution >= 0.6 is 15.9 Å². The molecule has 176 valence electrons. The van der Waals surface area contributed by atoms with Crippen LogP contribution in [0, 0.1) is 11.8 Å². The van der Waals surface area contributed by atoms with Crippen molar-refractivity contribution in [3.8, 4) is 0 Å². The maximum Gasteiger partial charge on any atom is 0.246 e. The number of halogens is 1. The molecule has 8 atom stereocenters. The average molecular weight is 502 g/mol. The lowest BCUT2D eigenvalue weighted by Gasteiger charge is -2.37. The third-order valence-electron chi connectivity index (χ3n) is 7.01. The van der Waals surface area contributed by atoms with E-state index >= 15 is 0 Å². The number of amides is 3. The van der Waals surface area contributed by atoms with Crippen LogP contribution < -0.4 is 10.6 Å². The molecule has 3 saturated heterocycles. The van der Waals surface area contributed by atoms with Gasteiger partial charge >= 0.3 is 0 Å². The second-order valence-electron chi connectivity index (χ2n) is 9.14. The summed E-state index contributed by atoms with van der Waals surface area (Å²) in [5.41, 5.74) is -1.07. The fourth-order valence-corrected chi connectivity index (χ4v) is 6.61. The van der Waals surface area contributed by atoms with Gasteiger partial charge < -0.3 is 25.4 Å². The molecule has 3 aliphatic rings. The van der Waals surface area contributed by atoms with Gasteiger partial charge in [-0.05, 0) is 32.6 Å². The van der Waals surface area contributed by atoms with Crippen LogP contribution in [0.1, 0.15) is 59.8 Å². The topological polar surface area (TPSA) is 108 Å². The van der Waals surface area contributed by atoms with Crippen molar-refractivity contribution in [3.63, 3.8) is 0 Å². The average Bonchev–Trinajstić information content (AvgIpc) is 3.31. The Kier molecular flexibility index (Phi) is 7.69. The zero-order valence-electron chi connectivity index (χ0n) is 18.9. The van der Waals surface area contributed by atoms with Crippen molar-refractivity contribution in [1.29, 1.82) is 0 Å². The van der Waals surface area contributed by atoms with Gasteiger partial charge in [-0.15, -0.1) is 0 Å². The minimum atomic E-state index is -1.07. The van der Waals surface area contributed by atoms with E-state index in [1.54, 1.807) is 0 Å². The molecule has 1 spiro atoms. The summed E-state index contributed by atoms with van der Waals surface area (Å²) in [5, 5.41) is 16.0. The van der Waals surface area contributed by atoms with Crippen molar-refractivity contribution < 1.29 is 24.2 Å². The van der Waals surface area contributed by atoms with Crippen LogP contribution in [-0.2, 0) is 19.1 Å². The third kappa shape index (κ3) is 4.02. The Morgan fingerprint density at radius 3 is 2.58 bits per heavy atom. The molecular formula is C22H36BrN3O5. The number of likely N-dealkylation sites (tertiary alicyclic amines) is 1. The van der Waals surface area contributed by atoms with Gasteiger partial charge in [0.15, 0.2) is 0 Å². The van der Waals surface area contributed by atoms with E-state index in [1.165, 1.54) is 4.90 Å². The second-order valence-corrected chi connectivity index (χ2v) is 10.3. The summed E-state index contributed by atoms with van der Waals surface area (Å²) >= 11 is 3.65. The number of fused-ring (bicyclic) bond motifs is 1. The molecule has 31 heavy (non-hydrogen) atoms. The number of aliphatic hydroxyl groups is 1. The predicted octanol–water partition coefficient (Wildman–Crippen LogP) is 1.34. The van der Waals surface area contributed by atoms with Crippen LogP contribution in [0.15, 0.2) is 0 Å². The van der Waals surface area contributed by atoms with Gasteiger partial charge in [-0.2, -0.15) is 0 Å². The largest absolute Gasteiger partial charge is 0.394 e. The van der Waals surface area contributed by atoms with Gasteiger partial charge in [-0.25, -0.2) is 0 Å². The molecule has 8 nitrogen and oxygen atoms in total. The number of nitrogens with one attached hydrogen (secondary N) is 2. The van der Waals surface area contributed by atoms with Gasteiger partial charge in [0.2, 0.25) is 17.7 Å². The molecule has 9 heteroatoms. The Morgan fingerprint density at radius 2 is 2.00 bits per heavy atom. The molecule has 0 aromatic heterocycles. The van der Waals surface area contributed by atoms with E-state index in [4.69, 9.17) is 4.74 Å². The zero-order chi connectivity index (χ0) is 22.9. The molecule has 4 unspecified atom stereocenters. The summed E-state index contributed by atoms with van der Waals surface area (Å²) < 4.78 is 6.41. The van der Waals surface area contributed by atoms with Gasteiger partial charge in [-0.3, -0.25) is 14.4 Å². The van der Waals surface area contributed by atoms with Crippen molar-refractivity contribution in [3.05, 3.63) is 0 Å². The number of carbonyl (C=O) groups excluding carboxylic acids is 3. The Hall–Kier alpha value is -1.19. The van der Waals surface area contributed by atoms with Gasteiger partial charge in [0.1, 0.15) is 11.6 Å². The van der Waals surface area contributed by atoms with E-state index in [0.29, 0.717) is 19.4 Å². The molecule has 0 aromatic carbocycles. The highest BCUT2D eigenvalue weighted by molar-refractivity contribution is 9.09. The summed E-state index contributed by atoms with van der Waals surface area (Å²) in [6.07, 6.45) is 3.08. The van der Waals surface area contributed by atoms with Crippen LogP contribution in [0.2, 0.25) is 0 Å². The van der Waals surface area contributed by atoms with Crippen molar-refractivity contribution in [1.82, 2.24) is 15.5 Å². The first-order valence-electron chi connectivity index (χ1n) is 11.6. The lowest BCUT2D eigenvalue weighted by Crippen LogP contribution is -2.59. The third-order valence-corrected chi connectivity index (χ3v) is 7.86. The van der Waals surface area contributed by atoms with E-state index in [-0.39, 0.29) is 35.2 Å². The SMILES string of the molecule is CCCNC(=O)[C@H]1[C@@H]2OC3(CC2Br)C(C(=O)NC(C)CCC)N([C@@H](CC)CO)C(=O)[C@H]13. The van der Waals surface area contributed by atoms with E-state index in [1.807, 2.05) is 20.8 Å². The number of hydrogen-bond donors (Lipinski definition) is 3.